The summed E-state index contributed by atoms with van der Waals surface area (Å²) in [5.74, 6) is -0.981. The van der Waals surface area contributed by atoms with Gasteiger partial charge in [0.05, 0.1) is 0 Å². The predicted octanol–water partition coefficient (Wildman–Crippen LogP) is 20.4. The van der Waals surface area contributed by atoms with Crippen LogP contribution in [-0.2, 0) is 28.6 Å². The third-order valence-electron chi connectivity index (χ3n) is 12.4. The van der Waals surface area contributed by atoms with Crippen LogP contribution in [0.15, 0.2) is 122 Å². The molecule has 6 nitrogen and oxygen atoms in total. The summed E-state index contributed by atoms with van der Waals surface area (Å²) in [4.78, 5) is 38.2. The molecule has 0 aliphatic carbocycles. The quantitative estimate of drug-likeness (QED) is 0.0261. The van der Waals surface area contributed by atoms with E-state index in [-0.39, 0.29) is 37.5 Å². The molecule has 414 valence electrons. The van der Waals surface area contributed by atoms with E-state index in [2.05, 4.69) is 142 Å². The molecule has 0 aromatic rings. The van der Waals surface area contributed by atoms with Gasteiger partial charge in [-0.05, 0) is 122 Å². The minimum atomic E-state index is -0.818. The normalized spacial score (nSPS) is 13.0. The van der Waals surface area contributed by atoms with Crippen molar-refractivity contribution in [2.24, 2.45) is 0 Å². The topological polar surface area (TPSA) is 78.9 Å². The van der Waals surface area contributed by atoms with Gasteiger partial charge in [0, 0.05) is 19.3 Å². The molecule has 0 heterocycles. The molecular formula is C67H110O6. The van der Waals surface area contributed by atoms with Crippen molar-refractivity contribution in [1.29, 1.82) is 0 Å². The summed E-state index contributed by atoms with van der Waals surface area (Å²) in [6.45, 7) is 6.35. The fourth-order valence-corrected chi connectivity index (χ4v) is 7.99. The standard InChI is InChI=1S/C67H110O6/c1-4-7-10-13-16-19-22-25-28-31-32-33-34-37-39-42-45-48-51-54-57-60-66(69)72-63-64(73-67(70)61-58-55-52-49-46-43-40-36-30-27-24-21-18-15-12-9-6-3)62-71-65(68)59-56-53-50-47-44-41-38-35-29-26-23-20-17-14-11-8-5-2/h8-9,11-12,17-18,20-22,25-27,29-32,40,43,49,52,64H,4-7,10,13-16,19,23-24,28,33-39,41-42,44-48,50-51,53-63H2,1-3H3/b11-8-,12-9-,20-17-,21-18-,25-22-,29-26-,30-27-,32-31-,43-40-,52-49-. The Kier molecular flexibility index (Phi) is 56.9. The molecule has 0 rings (SSSR count). The highest BCUT2D eigenvalue weighted by molar-refractivity contribution is 5.71. The molecule has 0 N–H and O–H groups in total. The van der Waals surface area contributed by atoms with Crippen LogP contribution in [0.5, 0.6) is 0 Å². The number of ether oxygens (including phenoxy) is 3. The van der Waals surface area contributed by atoms with Crippen LogP contribution in [0.2, 0.25) is 0 Å². The van der Waals surface area contributed by atoms with Gasteiger partial charge in [0.1, 0.15) is 13.2 Å². The number of hydrogen-bond acceptors (Lipinski definition) is 6. The Morgan fingerprint density at radius 3 is 0.877 bits per heavy atom. The van der Waals surface area contributed by atoms with Gasteiger partial charge in [-0.2, -0.15) is 0 Å². The Morgan fingerprint density at radius 1 is 0.288 bits per heavy atom. The molecule has 1 unspecified atom stereocenters. The Bertz CT molecular complexity index is 1540. The first kappa shape index (κ1) is 68.8. The van der Waals surface area contributed by atoms with E-state index in [1.165, 1.54) is 109 Å². The summed E-state index contributed by atoms with van der Waals surface area (Å²) < 4.78 is 16.8. The molecular weight excluding hydrogens is 901 g/mol. The molecule has 1 atom stereocenters. The molecule has 0 saturated carbocycles. The van der Waals surface area contributed by atoms with E-state index in [9.17, 15) is 14.4 Å². The summed E-state index contributed by atoms with van der Waals surface area (Å²) in [6.07, 6.45) is 83.4. The lowest BCUT2D eigenvalue weighted by molar-refractivity contribution is -0.167. The number of carbonyl (C=O) groups is 3. The van der Waals surface area contributed by atoms with Gasteiger partial charge in [-0.1, -0.05) is 245 Å². The summed E-state index contributed by atoms with van der Waals surface area (Å²) in [7, 11) is 0. The Hall–Kier alpha value is -4.19. The molecule has 73 heavy (non-hydrogen) atoms. The fraction of sp³-hybridized carbons (Fsp3) is 0.657. The maximum atomic E-state index is 12.9. The van der Waals surface area contributed by atoms with Crippen LogP contribution < -0.4 is 0 Å². The molecule has 0 amide bonds. The zero-order valence-electron chi connectivity index (χ0n) is 47.4. The second-order valence-electron chi connectivity index (χ2n) is 19.5. The molecule has 0 aliphatic rings. The number of hydrogen-bond donors (Lipinski definition) is 0. The van der Waals surface area contributed by atoms with Crippen LogP contribution in [0.1, 0.15) is 265 Å². The molecule has 6 heteroatoms. The van der Waals surface area contributed by atoms with Crippen molar-refractivity contribution >= 4 is 17.9 Å². The van der Waals surface area contributed by atoms with Crippen molar-refractivity contribution in [3.63, 3.8) is 0 Å². The summed E-state index contributed by atoms with van der Waals surface area (Å²) >= 11 is 0. The molecule has 0 aromatic carbocycles. The average molecular weight is 1010 g/mol. The second-order valence-corrected chi connectivity index (χ2v) is 19.5. The van der Waals surface area contributed by atoms with Crippen LogP contribution >= 0.6 is 0 Å². The molecule has 0 saturated heterocycles. The number of rotatable bonds is 53. The smallest absolute Gasteiger partial charge is 0.306 e. The number of esters is 3. The van der Waals surface area contributed by atoms with Crippen LogP contribution in [0.25, 0.3) is 0 Å². The van der Waals surface area contributed by atoms with Gasteiger partial charge in [-0.15, -0.1) is 0 Å². The van der Waals surface area contributed by atoms with Gasteiger partial charge in [0.2, 0.25) is 0 Å². The van der Waals surface area contributed by atoms with Crippen molar-refractivity contribution in [2.75, 3.05) is 13.2 Å². The van der Waals surface area contributed by atoms with Crippen LogP contribution in [0.4, 0.5) is 0 Å². The van der Waals surface area contributed by atoms with Gasteiger partial charge in [0.15, 0.2) is 6.10 Å². The van der Waals surface area contributed by atoms with Crippen LogP contribution in [0, 0.1) is 0 Å². The maximum absolute atomic E-state index is 12.9. The van der Waals surface area contributed by atoms with Gasteiger partial charge < -0.3 is 14.2 Å². The molecule has 0 aliphatic heterocycles. The van der Waals surface area contributed by atoms with E-state index in [1.54, 1.807) is 0 Å². The Balaban J connectivity index is 4.48. The number of carbonyl (C=O) groups excluding carboxylic acids is 3. The lowest BCUT2D eigenvalue weighted by Gasteiger charge is -2.18. The lowest BCUT2D eigenvalue weighted by atomic mass is 10.1. The van der Waals surface area contributed by atoms with E-state index < -0.39 is 6.10 Å². The zero-order valence-corrected chi connectivity index (χ0v) is 47.4. The summed E-state index contributed by atoms with van der Waals surface area (Å²) in [5, 5.41) is 0. The highest BCUT2D eigenvalue weighted by Crippen LogP contribution is 2.14. The first-order valence-corrected chi connectivity index (χ1v) is 30.0. The minimum absolute atomic E-state index is 0.109. The fourth-order valence-electron chi connectivity index (χ4n) is 7.99. The van der Waals surface area contributed by atoms with Gasteiger partial charge >= 0.3 is 17.9 Å². The lowest BCUT2D eigenvalue weighted by Crippen LogP contribution is -2.30. The van der Waals surface area contributed by atoms with Gasteiger partial charge in [0.25, 0.3) is 0 Å². The number of unbranched alkanes of at least 4 members (excludes halogenated alkanes) is 22. The first-order valence-electron chi connectivity index (χ1n) is 30.0. The number of allylic oxidation sites excluding steroid dienone is 20. The van der Waals surface area contributed by atoms with E-state index in [1.807, 2.05) is 0 Å². The zero-order chi connectivity index (χ0) is 52.9. The van der Waals surface area contributed by atoms with Crippen molar-refractivity contribution in [1.82, 2.24) is 0 Å². The molecule has 0 bridgehead atoms. The Morgan fingerprint density at radius 2 is 0.548 bits per heavy atom. The van der Waals surface area contributed by atoms with E-state index >= 15 is 0 Å². The van der Waals surface area contributed by atoms with Crippen molar-refractivity contribution in [2.45, 2.75) is 271 Å². The average Bonchev–Trinajstić information content (AvgIpc) is 3.39. The van der Waals surface area contributed by atoms with Gasteiger partial charge in [-0.3, -0.25) is 14.4 Å². The van der Waals surface area contributed by atoms with Crippen molar-refractivity contribution in [3.8, 4) is 0 Å². The second kappa shape index (κ2) is 60.4. The van der Waals surface area contributed by atoms with Crippen LogP contribution in [0.3, 0.4) is 0 Å². The van der Waals surface area contributed by atoms with Crippen molar-refractivity contribution in [3.05, 3.63) is 122 Å². The predicted molar refractivity (Wildman–Crippen MR) is 316 cm³/mol. The van der Waals surface area contributed by atoms with E-state index in [0.717, 1.165) is 109 Å². The highest BCUT2D eigenvalue weighted by atomic mass is 16.6. The van der Waals surface area contributed by atoms with Crippen LogP contribution in [-0.4, -0.2) is 37.2 Å². The SMILES string of the molecule is CC/C=C\C/C=C\C/C=C\C/C=C\C/C=C\CCCC(=O)OC(COC(=O)CCCCCCCCC/C=C\C/C=C\C/C=C\CC)COC(=O)CCCCCCCCCCC/C=C\C/C=C\CCCCCCC. The third kappa shape index (κ3) is 58.6. The molecule has 0 aromatic heterocycles. The summed E-state index contributed by atoms with van der Waals surface area (Å²) in [5.41, 5.74) is 0. The van der Waals surface area contributed by atoms with E-state index in [0.29, 0.717) is 19.3 Å². The minimum Gasteiger partial charge on any atom is -0.462 e. The van der Waals surface area contributed by atoms with Crippen molar-refractivity contribution < 1.29 is 28.6 Å². The third-order valence-corrected chi connectivity index (χ3v) is 12.4. The monoisotopic (exact) mass is 1010 g/mol. The summed E-state index contributed by atoms with van der Waals surface area (Å²) in [6, 6.07) is 0. The molecule has 0 fully saturated rings. The van der Waals surface area contributed by atoms with Gasteiger partial charge in [-0.25, -0.2) is 0 Å². The highest BCUT2D eigenvalue weighted by Gasteiger charge is 2.19. The maximum Gasteiger partial charge on any atom is 0.306 e. The largest absolute Gasteiger partial charge is 0.462 e. The Labute approximate surface area is 450 Å². The molecule has 0 radical (unpaired) electrons. The first-order chi connectivity index (χ1) is 36.0. The van der Waals surface area contributed by atoms with E-state index in [4.69, 9.17) is 14.2 Å². The molecule has 0 spiro atoms.